The SMILES string of the molecule is C=C1C(=O)O[C@H]2[C@H]1CC/C(C(=O)CN1CCN(C(=O)c3ccc4ccccc4n3)CC1)=C\CC[C@@]1(C)O[C@@H]21. The number of pyridine rings is 1. The molecule has 6 rings (SSSR count). The second-order valence-electron chi connectivity index (χ2n) is 11.0. The van der Waals surface area contributed by atoms with Gasteiger partial charge in [0.05, 0.1) is 17.7 Å². The summed E-state index contributed by atoms with van der Waals surface area (Å²) in [7, 11) is 0. The number of fused-ring (bicyclic) bond motifs is 4. The number of rotatable bonds is 4. The number of carbonyl (C=O) groups is 3. The Labute approximate surface area is 222 Å². The van der Waals surface area contributed by atoms with E-state index in [-0.39, 0.29) is 41.4 Å². The van der Waals surface area contributed by atoms with Gasteiger partial charge in [0, 0.05) is 43.1 Å². The maximum atomic E-state index is 13.3. The van der Waals surface area contributed by atoms with Crippen molar-refractivity contribution in [2.24, 2.45) is 5.92 Å². The van der Waals surface area contributed by atoms with Crippen molar-refractivity contribution in [2.75, 3.05) is 32.7 Å². The largest absolute Gasteiger partial charge is 0.455 e. The smallest absolute Gasteiger partial charge is 0.334 e. The van der Waals surface area contributed by atoms with Gasteiger partial charge in [-0.1, -0.05) is 36.9 Å². The average Bonchev–Trinajstić information content (AvgIpc) is 3.52. The molecule has 3 saturated heterocycles. The van der Waals surface area contributed by atoms with Gasteiger partial charge >= 0.3 is 5.97 Å². The van der Waals surface area contributed by atoms with Gasteiger partial charge in [-0.15, -0.1) is 0 Å². The van der Waals surface area contributed by atoms with Gasteiger partial charge in [0.25, 0.3) is 5.91 Å². The van der Waals surface area contributed by atoms with E-state index in [0.29, 0.717) is 56.8 Å². The van der Waals surface area contributed by atoms with E-state index >= 15 is 0 Å². The van der Waals surface area contributed by atoms with Gasteiger partial charge in [-0.2, -0.15) is 0 Å². The van der Waals surface area contributed by atoms with Crippen molar-refractivity contribution in [3.8, 4) is 0 Å². The van der Waals surface area contributed by atoms with Crippen LogP contribution < -0.4 is 0 Å². The van der Waals surface area contributed by atoms with Gasteiger partial charge in [-0.3, -0.25) is 14.5 Å². The van der Waals surface area contributed by atoms with Gasteiger partial charge in [-0.25, -0.2) is 9.78 Å². The highest BCUT2D eigenvalue weighted by Gasteiger charge is 2.61. The van der Waals surface area contributed by atoms with Gasteiger partial charge in [0.15, 0.2) is 5.78 Å². The Kier molecular flexibility index (Phi) is 6.40. The summed E-state index contributed by atoms with van der Waals surface area (Å²) in [4.78, 5) is 47.1. The number of nitrogens with zero attached hydrogens (tertiary/aromatic N) is 3. The van der Waals surface area contributed by atoms with Crippen molar-refractivity contribution in [1.82, 2.24) is 14.8 Å². The fraction of sp³-hybridized carbons (Fsp3) is 0.467. The van der Waals surface area contributed by atoms with Crippen LogP contribution in [0.1, 0.15) is 43.1 Å². The number of esters is 1. The lowest BCUT2D eigenvalue weighted by molar-refractivity contribution is -0.140. The summed E-state index contributed by atoms with van der Waals surface area (Å²) in [5.41, 5.74) is 2.23. The Balaban J connectivity index is 1.06. The number of hydrogen-bond acceptors (Lipinski definition) is 7. The lowest BCUT2D eigenvalue weighted by atomic mass is 9.83. The Hall–Kier alpha value is -3.36. The normalized spacial score (nSPS) is 31.1. The predicted molar refractivity (Wildman–Crippen MR) is 141 cm³/mol. The van der Waals surface area contributed by atoms with Crippen molar-refractivity contribution < 1.29 is 23.9 Å². The molecule has 1 aromatic heterocycles. The highest BCUT2D eigenvalue weighted by atomic mass is 16.6. The monoisotopic (exact) mass is 515 g/mol. The molecule has 0 spiro atoms. The lowest BCUT2D eigenvalue weighted by Gasteiger charge is -2.34. The minimum atomic E-state index is -0.347. The topological polar surface area (TPSA) is 92.3 Å². The number of epoxide rings is 1. The first-order chi connectivity index (χ1) is 18.3. The van der Waals surface area contributed by atoms with Crippen LogP contribution in [0.2, 0.25) is 0 Å². The molecule has 4 heterocycles. The van der Waals surface area contributed by atoms with Crippen LogP contribution in [-0.4, -0.2) is 83.0 Å². The summed E-state index contributed by atoms with van der Waals surface area (Å²) in [6, 6.07) is 11.5. The summed E-state index contributed by atoms with van der Waals surface area (Å²) in [5.74, 6) is -0.441. The summed E-state index contributed by atoms with van der Waals surface area (Å²) in [6.45, 7) is 8.72. The molecule has 0 N–H and O–H groups in total. The molecule has 2 aromatic rings. The standard InChI is InChI=1S/C30H33N3O5/c1-19-22-11-9-21(7-5-13-30(2)27(38-30)26(22)37-29(19)36)25(34)18-32-14-16-33(17-15-32)28(35)24-12-10-20-6-3-4-8-23(20)31-24/h3-4,6-8,10,12,22,26-27H,1,5,9,11,13-18H2,2H3/b21-7+/t22-,26-,27-,30+/m0/s1. The minimum Gasteiger partial charge on any atom is -0.455 e. The van der Waals surface area contributed by atoms with Crippen molar-refractivity contribution >= 4 is 28.6 Å². The zero-order valence-corrected chi connectivity index (χ0v) is 21.7. The van der Waals surface area contributed by atoms with Crippen LogP contribution in [0.15, 0.2) is 60.2 Å². The zero-order valence-electron chi connectivity index (χ0n) is 21.7. The summed E-state index contributed by atoms with van der Waals surface area (Å²) in [6.07, 6.45) is 4.42. The molecule has 8 heteroatoms. The number of hydrogen-bond donors (Lipinski definition) is 0. The fourth-order valence-corrected chi connectivity index (χ4v) is 6.07. The number of para-hydroxylation sites is 1. The molecule has 3 aliphatic heterocycles. The predicted octanol–water partition coefficient (Wildman–Crippen LogP) is 3.32. The van der Waals surface area contributed by atoms with E-state index in [0.717, 1.165) is 29.3 Å². The molecule has 4 atom stereocenters. The Morgan fingerprint density at radius 3 is 2.74 bits per heavy atom. The lowest BCUT2D eigenvalue weighted by Crippen LogP contribution is -2.50. The maximum absolute atomic E-state index is 13.3. The molecule has 8 nitrogen and oxygen atoms in total. The molecule has 1 amide bonds. The number of benzene rings is 1. The van der Waals surface area contributed by atoms with E-state index in [1.54, 1.807) is 6.07 Å². The second kappa shape index (κ2) is 9.75. The van der Waals surface area contributed by atoms with E-state index in [9.17, 15) is 14.4 Å². The number of carbonyl (C=O) groups excluding carboxylic acids is 3. The maximum Gasteiger partial charge on any atom is 0.334 e. The Morgan fingerprint density at radius 2 is 1.92 bits per heavy atom. The number of piperazine rings is 1. The van der Waals surface area contributed by atoms with E-state index in [4.69, 9.17) is 9.47 Å². The number of aromatic nitrogens is 1. The molecule has 198 valence electrons. The first kappa shape index (κ1) is 24.9. The number of ketones is 1. The highest BCUT2D eigenvalue weighted by Crippen LogP contribution is 2.49. The second-order valence-corrected chi connectivity index (χ2v) is 11.0. The quantitative estimate of drug-likeness (QED) is 0.350. The summed E-state index contributed by atoms with van der Waals surface area (Å²) in [5, 5.41) is 1.01. The Morgan fingerprint density at radius 1 is 1.13 bits per heavy atom. The molecule has 38 heavy (non-hydrogen) atoms. The fourth-order valence-electron chi connectivity index (χ4n) is 6.07. The first-order valence-electron chi connectivity index (χ1n) is 13.5. The number of ether oxygens (including phenoxy) is 2. The van der Waals surface area contributed by atoms with Crippen molar-refractivity contribution in [2.45, 2.75) is 50.4 Å². The van der Waals surface area contributed by atoms with Gasteiger partial charge < -0.3 is 14.4 Å². The van der Waals surface area contributed by atoms with Gasteiger partial charge in [0.2, 0.25) is 0 Å². The molecule has 0 unspecified atom stereocenters. The van der Waals surface area contributed by atoms with Crippen molar-refractivity contribution in [1.29, 1.82) is 0 Å². The molecular weight excluding hydrogens is 482 g/mol. The third-order valence-corrected chi connectivity index (χ3v) is 8.55. The molecule has 1 aromatic carbocycles. The van der Waals surface area contributed by atoms with Crippen LogP contribution in [0.25, 0.3) is 10.9 Å². The highest BCUT2D eigenvalue weighted by molar-refractivity contribution is 5.97. The van der Waals surface area contributed by atoms with Crippen LogP contribution in [0.3, 0.4) is 0 Å². The molecule has 0 radical (unpaired) electrons. The number of amides is 1. The van der Waals surface area contributed by atoms with E-state index in [1.807, 2.05) is 35.2 Å². The van der Waals surface area contributed by atoms with E-state index in [2.05, 4.69) is 29.5 Å². The van der Waals surface area contributed by atoms with Gasteiger partial charge in [-0.05, 0) is 50.3 Å². The zero-order chi connectivity index (χ0) is 26.4. The van der Waals surface area contributed by atoms with E-state index < -0.39 is 0 Å². The minimum absolute atomic E-state index is 0.0750. The van der Waals surface area contributed by atoms with Crippen LogP contribution in [0.5, 0.6) is 0 Å². The molecule has 3 fully saturated rings. The molecule has 0 bridgehead atoms. The molecule has 1 aliphatic carbocycles. The van der Waals surface area contributed by atoms with Crippen LogP contribution in [0, 0.1) is 5.92 Å². The third kappa shape index (κ3) is 4.67. The van der Waals surface area contributed by atoms with Crippen LogP contribution >= 0.6 is 0 Å². The van der Waals surface area contributed by atoms with Crippen LogP contribution in [-0.2, 0) is 19.1 Å². The van der Waals surface area contributed by atoms with Crippen molar-refractivity contribution in [3.63, 3.8) is 0 Å². The van der Waals surface area contributed by atoms with Crippen molar-refractivity contribution in [3.05, 3.63) is 65.9 Å². The first-order valence-corrected chi connectivity index (χ1v) is 13.5. The van der Waals surface area contributed by atoms with Crippen LogP contribution in [0.4, 0.5) is 0 Å². The molecular formula is C30H33N3O5. The summed E-state index contributed by atoms with van der Waals surface area (Å²) >= 11 is 0. The molecule has 4 aliphatic rings. The Bertz CT molecular complexity index is 1340. The van der Waals surface area contributed by atoms with Gasteiger partial charge in [0.1, 0.15) is 17.9 Å². The van der Waals surface area contributed by atoms with E-state index in [1.165, 1.54) is 0 Å². The summed E-state index contributed by atoms with van der Waals surface area (Å²) < 4.78 is 11.6. The number of allylic oxidation sites excluding steroid dienone is 1. The third-order valence-electron chi connectivity index (χ3n) is 8.55. The molecule has 0 saturated carbocycles. The number of Topliss-reactive ketones (excluding diaryl/α,β-unsaturated/α-hetero) is 1. The average molecular weight is 516 g/mol.